The molecule has 1 aromatic carbocycles. The van der Waals surface area contributed by atoms with Crippen LogP contribution >= 0.6 is 0 Å². The fraction of sp³-hybridized carbons (Fsp3) is 0.541. The summed E-state index contributed by atoms with van der Waals surface area (Å²) in [7, 11) is 0. The number of ether oxygens (including phenoxy) is 1. The number of fused-ring (bicyclic) bond motifs is 2. The third kappa shape index (κ3) is 6.07. The number of benzene rings is 1. The summed E-state index contributed by atoms with van der Waals surface area (Å²) in [6.07, 6.45) is 4.79. The largest absolute Gasteiger partial charge is 0.444 e. The number of hydrogen-bond donors (Lipinski definition) is 0. The summed E-state index contributed by atoms with van der Waals surface area (Å²) < 4.78 is 22.1. The molecule has 48 heavy (non-hydrogen) atoms. The zero-order valence-corrected chi connectivity index (χ0v) is 29.0. The highest BCUT2D eigenvalue weighted by molar-refractivity contribution is 6.11. The molecule has 0 unspecified atom stereocenters. The van der Waals surface area contributed by atoms with E-state index in [4.69, 9.17) is 4.74 Å². The maximum Gasteiger partial charge on any atom is 0.410 e. The number of piperidine rings is 2. The van der Waals surface area contributed by atoms with Gasteiger partial charge in [0, 0.05) is 61.0 Å². The lowest BCUT2D eigenvalue weighted by molar-refractivity contribution is -0.138. The molecule has 10 nitrogen and oxygen atoms in total. The van der Waals surface area contributed by atoms with Crippen molar-refractivity contribution >= 4 is 34.6 Å². The van der Waals surface area contributed by atoms with E-state index in [0.29, 0.717) is 72.8 Å². The van der Waals surface area contributed by atoms with E-state index in [9.17, 15) is 23.6 Å². The summed E-state index contributed by atoms with van der Waals surface area (Å²) in [6.45, 7) is 14.9. The van der Waals surface area contributed by atoms with Crippen LogP contribution in [0.25, 0.3) is 16.6 Å². The molecule has 3 fully saturated rings. The van der Waals surface area contributed by atoms with Crippen molar-refractivity contribution < 1.29 is 28.3 Å². The third-order valence-electron chi connectivity index (χ3n) is 10.1. The van der Waals surface area contributed by atoms with Gasteiger partial charge in [0.25, 0.3) is 5.91 Å². The Morgan fingerprint density at radius 1 is 1.10 bits per heavy atom. The van der Waals surface area contributed by atoms with Crippen LogP contribution in [0.4, 0.5) is 9.18 Å². The number of hydrogen-bond acceptors (Lipinski definition) is 6. The molecule has 0 radical (unpaired) electrons. The van der Waals surface area contributed by atoms with Crippen molar-refractivity contribution in [3.05, 3.63) is 59.3 Å². The van der Waals surface area contributed by atoms with Crippen molar-refractivity contribution in [1.82, 2.24) is 24.3 Å². The number of pyridine rings is 1. The standard InChI is InChI=1S/C37H46FN5O5/c1-8-41(21(2)3)34(45)28-18-25(38)9-10-29(28)43-22(4)31(26-11-14-39-19-30(26)43)33(44)23-12-15-40(16-13-23)35(46)32-27-17-24(27)20-42(32)36(47)48-37(5,6)7/h9-11,14,18-19,21,23-24,27,32H,8,12-13,15-17,20H2,1-7H3/t24-,27-,32-/m0/s1. The quantitative estimate of drug-likeness (QED) is 0.288. The fourth-order valence-corrected chi connectivity index (χ4v) is 7.70. The van der Waals surface area contributed by atoms with Crippen molar-refractivity contribution in [3.63, 3.8) is 0 Å². The zero-order chi connectivity index (χ0) is 34.7. The molecule has 11 heteroatoms. The van der Waals surface area contributed by atoms with Crippen molar-refractivity contribution in [3.8, 4) is 5.69 Å². The molecular formula is C37H46FN5O5. The average molecular weight is 660 g/mol. The summed E-state index contributed by atoms with van der Waals surface area (Å²) in [4.78, 5) is 64.2. The SMILES string of the molecule is CCN(C(=O)c1cc(F)ccc1-n1c(C)c(C(=O)C2CCN(C(=O)[C@@H]3[C@H]4C[C@H]4CN3C(=O)OC(C)(C)C)CC2)c2ccncc21)C(C)C. The molecule has 3 atom stereocenters. The molecule has 2 aliphatic heterocycles. The highest BCUT2D eigenvalue weighted by atomic mass is 19.1. The van der Waals surface area contributed by atoms with E-state index in [1.807, 2.05) is 53.0 Å². The van der Waals surface area contributed by atoms with Crippen LogP contribution in [0.1, 0.15) is 87.2 Å². The van der Waals surface area contributed by atoms with Crippen molar-refractivity contribution in [2.45, 2.75) is 85.4 Å². The first-order chi connectivity index (χ1) is 22.7. The van der Waals surface area contributed by atoms with Crippen LogP contribution in [0.3, 0.4) is 0 Å². The van der Waals surface area contributed by atoms with Crippen molar-refractivity contribution in [2.75, 3.05) is 26.2 Å². The highest BCUT2D eigenvalue weighted by Crippen LogP contribution is 2.50. The first-order valence-electron chi connectivity index (χ1n) is 17.1. The molecule has 0 N–H and O–H groups in total. The predicted molar refractivity (Wildman–Crippen MR) is 180 cm³/mol. The molecule has 4 heterocycles. The molecule has 3 amide bonds. The third-order valence-corrected chi connectivity index (χ3v) is 10.1. The van der Waals surface area contributed by atoms with Crippen LogP contribution in [0, 0.1) is 30.5 Å². The molecule has 1 aliphatic carbocycles. The second-order valence-corrected chi connectivity index (χ2v) is 14.7. The van der Waals surface area contributed by atoms with Gasteiger partial charge >= 0.3 is 6.09 Å². The smallest absolute Gasteiger partial charge is 0.410 e. The number of carbonyl (C=O) groups is 4. The van der Waals surface area contributed by atoms with Gasteiger partial charge in [-0.2, -0.15) is 0 Å². The van der Waals surface area contributed by atoms with Crippen LogP contribution in [0.2, 0.25) is 0 Å². The molecule has 2 aromatic heterocycles. The Morgan fingerprint density at radius 3 is 2.46 bits per heavy atom. The van der Waals surface area contributed by atoms with Gasteiger partial charge in [-0.3, -0.25) is 24.3 Å². The maximum absolute atomic E-state index is 14.6. The Labute approximate surface area is 281 Å². The summed E-state index contributed by atoms with van der Waals surface area (Å²) in [5, 5.41) is 0.712. The monoisotopic (exact) mass is 659 g/mol. The molecule has 0 spiro atoms. The van der Waals surface area contributed by atoms with Crippen molar-refractivity contribution in [2.24, 2.45) is 17.8 Å². The number of nitrogens with zero attached hydrogens (tertiary/aromatic N) is 5. The minimum atomic E-state index is -0.648. The normalized spacial score (nSPS) is 21.1. The first kappa shape index (κ1) is 33.6. The summed E-state index contributed by atoms with van der Waals surface area (Å²) in [6, 6.07) is 5.37. The van der Waals surface area contributed by atoms with E-state index in [0.717, 1.165) is 6.42 Å². The van der Waals surface area contributed by atoms with Crippen LogP contribution in [-0.4, -0.2) is 91.8 Å². The molecule has 6 rings (SSSR count). The Hall–Kier alpha value is -4.28. The van der Waals surface area contributed by atoms with E-state index in [1.54, 1.807) is 39.2 Å². The van der Waals surface area contributed by atoms with Gasteiger partial charge in [-0.1, -0.05) is 0 Å². The number of carbonyl (C=O) groups excluding carboxylic acids is 4. The molecule has 2 saturated heterocycles. The number of likely N-dealkylation sites (tertiary alicyclic amines) is 2. The molecule has 1 saturated carbocycles. The zero-order valence-electron chi connectivity index (χ0n) is 29.0. The van der Waals surface area contributed by atoms with Gasteiger partial charge in [-0.15, -0.1) is 0 Å². The van der Waals surface area contributed by atoms with Crippen LogP contribution in [0.15, 0.2) is 36.7 Å². The molecule has 256 valence electrons. The van der Waals surface area contributed by atoms with Gasteiger partial charge in [-0.25, -0.2) is 9.18 Å². The molecule has 3 aromatic rings. The second kappa shape index (κ2) is 12.6. The Morgan fingerprint density at radius 2 is 1.81 bits per heavy atom. The summed E-state index contributed by atoms with van der Waals surface area (Å²) >= 11 is 0. The topological polar surface area (TPSA) is 105 Å². The van der Waals surface area contributed by atoms with E-state index >= 15 is 0 Å². The van der Waals surface area contributed by atoms with Gasteiger partial charge < -0.3 is 19.1 Å². The summed E-state index contributed by atoms with van der Waals surface area (Å²) in [5.74, 6) is -0.706. The Balaban J connectivity index is 1.25. The first-order valence-corrected chi connectivity index (χ1v) is 17.1. The molecule has 0 bridgehead atoms. The van der Waals surface area contributed by atoms with Gasteiger partial charge in [0.2, 0.25) is 5.91 Å². The summed E-state index contributed by atoms with van der Waals surface area (Å²) in [5.41, 5.74) is 1.90. The average Bonchev–Trinajstić information content (AvgIpc) is 3.60. The van der Waals surface area contributed by atoms with Gasteiger partial charge in [-0.05, 0) is 104 Å². The lowest BCUT2D eigenvalue weighted by Crippen LogP contribution is -2.52. The second-order valence-electron chi connectivity index (χ2n) is 14.7. The van der Waals surface area contributed by atoms with Crippen LogP contribution < -0.4 is 0 Å². The van der Waals surface area contributed by atoms with Gasteiger partial charge in [0.15, 0.2) is 5.78 Å². The molecule has 3 aliphatic rings. The number of amides is 3. The maximum atomic E-state index is 14.6. The number of rotatable bonds is 7. The van der Waals surface area contributed by atoms with Crippen molar-refractivity contribution in [1.29, 1.82) is 0 Å². The number of ketones is 1. The van der Waals surface area contributed by atoms with Crippen LogP contribution in [-0.2, 0) is 9.53 Å². The fourth-order valence-electron chi connectivity index (χ4n) is 7.70. The van der Waals surface area contributed by atoms with Crippen LogP contribution in [0.5, 0.6) is 0 Å². The molecular weight excluding hydrogens is 613 g/mol. The Bertz CT molecular complexity index is 1770. The minimum absolute atomic E-state index is 0.0274. The Kier molecular flexibility index (Phi) is 8.85. The van der Waals surface area contributed by atoms with E-state index in [2.05, 4.69) is 4.98 Å². The van der Waals surface area contributed by atoms with Gasteiger partial charge in [0.1, 0.15) is 17.5 Å². The van der Waals surface area contributed by atoms with E-state index in [1.165, 1.54) is 12.1 Å². The van der Waals surface area contributed by atoms with E-state index < -0.39 is 23.6 Å². The van der Waals surface area contributed by atoms with E-state index in [-0.39, 0.29) is 41.0 Å². The predicted octanol–water partition coefficient (Wildman–Crippen LogP) is 6.02. The number of halogens is 1. The van der Waals surface area contributed by atoms with Gasteiger partial charge in [0.05, 0.1) is 23.0 Å². The minimum Gasteiger partial charge on any atom is -0.444 e. The highest BCUT2D eigenvalue weighted by Gasteiger charge is 2.58. The number of aromatic nitrogens is 2. The lowest BCUT2D eigenvalue weighted by Gasteiger charge is -2.36. The lowest BCUT2D eigenvalue weighted by atomic mass is 9.87. The number of Topliss-reactive ketones (excluding diaryl/α,β-unsaturated/α-hetero) is 1.